The SMILES string of the molecule is C[C@H]1CC[C@H](c2ccc(=O)n(CC(=S)N3CCc4c(N5CCOCC5)cccc43)n2)CC1. The first-order valence-electron chi connectivity index (χ1n) is 11.9. The van der Waals surface area contributed by atoms with Crippen LogP contribution in [0.1, 0.15) is 49.8 Å². The van der Waals surface area contributed by atoms with Crippen LogP contribution in [0.4, 0.5) is 11.4 Å². The maximum Gasteiger partial charge on any atom is 0.267 e. The van der Waals surface area contributed by atoms with Crippen LogP contribution in [-0.4, -0.2) is 47.6 Å². The molecule has 1 aliphatic carbocycles. The number of morpholine rings is 1. The Balaban J connectivity index is 1.34. The normalized spacial score (nSPS) is 23.3. The van der Waals surface area contributed by atoms with Crippen LogP contribution < -0.4 is 15.4 Å². The highest BCUT2D eigenvalue weighted by atomic mass is 32.1. The zero-order chi connectivity index (χ0) is 22.1. The average molecular weight is 453 g/mol. The maximum atomic E-state index is 12.6. The Morgan fingerprint density at radius 2 is 1.81 bits per heavy atom. The fourth-order valence-electron chi connectivity index (χ4n) is 5.34. The van der Waals surface area contributed by atoms with Crippen LogP contribution in [-0.2, 0) is 17.7 Å². The van der Waals surface area contributed by atoms with Gasteiger partial charge in [0.2, 0.25) is 0 Å². The first-order chi connectivity index (χ1) is 15.6. The van der Waals surface area contributed by atoms with Gasteiger partial charge in [-0.15, -0.1) is 0 Å². The molecule has 0 amide bonds. The third-order valence-electron chi connectivity index (χ3n) is 7.26. The van der Waals surface area contributed by atoms with Crippen molar-refractivity contribution in [2.75, 3.05) is 42.6 Å². The summed E-state index contributed by atoms with van der Waals surface area (Å²) in [4.78, 5) is 17.9. The average Bonchev–Trinajstić information content (AvgIpc) is 3.26. The van der Waals surface area contributed by atoms with Crippen molar-refractivity contribution < 1.29 is 4.74 Å². The lowest BCUT2D eigenvalue weighted by Crippen LogP contribution is -2.36. The predicted molar refractivity (Wildman–Crippen MR) is 132 cm³/mol. The molecule has 0 spiro atoms. The number of nitrogens with zero attached hydrogens (tertiary/aromatic N) is 4. The number of anilines is 2. The zero-order valence-electron chi connectivity index (χ0n) is 18.8. The second-order valence-electron chi connectivity index (χ2n) is 9.38. The molecule has 170 valence electrons. The van der Waals surface area contributed by atoms with Crippen LogP contribution in [0.2, 0.25) is 0 Å². The van der Waals surface area contributed by atoms with Crippen molar-refractivity contribution >= 4 is 28.6 Å². The van der Waals surface area contributed by atoms with E-state index >= 15 is 0 Å². The van der Waals surface area contributed by atoms with Gasteiger partial charge in [-0.3, -0.25) is 4.79 Å². The molecule has 7 heteroatoms. The summed E-state index contributed by atoms with van der Waals surface area (Å²) in [5.41, 5.74) is 4.77. The van der Waals surface area contributed by atoms with E-state index in [2.05, 4.69) is 34.9 Å². The van der Waals surface area contributed by atoms with Crippen LogP contribution in [0.25, 0.3) is 0 Å². The quantitative estimate of drug-likeness (QED) is 0.659. The zero-order valence-corrected chi connectivity index (χ0v) is 19.6. The minimum atomic E-state index is -0.0817. The van der Waals surface area contributed by atoms with Crippen molar-refractivity contribution in [3.63, 3.8) is 0 Å². The number of fused-ring (bicyclic) bond motifs is 1. The number of hydrogen-bond donors (Lipinski definition) is 0. The van der Waals surface area contributed by atoms with Crippen LogP contribution in [0.15, 0.2) is 35.1 Å². The Morgan fingerprint density at radius 3 is 2.59 bits per heavy atom. The van der Waals surface area contributed by atoms with Gasteiger partial charge in [0, 0.05) is 48.6 Å². The van der Waals surface area contributed by atoms with E-state index in [4.69, 9.17) is 22.1 Å². The first-order valence-corrected chi connectivity index (χ1v) is 12.3. The lowest BCUT2D eigenvalue weighted by Gasteiger charge is -2.30. The molecule has 2 fully saturated rings. The van der Waals surface area contributed by atoms with E-state index in [-0.39, 0.29) is 5.56 Å². The second kappa shape index (κ2) is 9.32. The lowest BCUT2D eigenvalue weighted by atomic mass is 9.81. The van der Waals surface area contributed by atoms with Gasteiger partial charge >= 0.3 is 0 Å². The number of benzene rings is 1. The molecule has 32 heavy (non-hydrogen) atoms. The van der Waals surface area contributed by atoms with E-state index in [0.29, 0.717) is 12.5 Å². The van der Waals surface area contributed by atoms with Crippen molar-refractivity contribution in [2.45, 2.75) is 51.5 Å². The molecule has 2 aromatic rings. The van der Waals surface area contributed by atoms with E-state index in [1.165, 1.54) is 29.8 Å². The Kier molecular flexibility index (Phi) is 6.28. The topological polar surface area (TPSA) is 50.6 Å². The molecule has 0 atom stereocenters. The molecule has 1 aromatic carbocycles. The number of aromatic nitrogens is 2. The molecule has 0 radical (unpaired) electrons. The fraction of sp³-hybridized carbons (Fsp3) is 0.560. The molecule has 3 aliphatic rings. The van der Waals surface area contributed by atoms with Crippen molar-refractivity contribution in [2.24, 2.45) is 5.92 Å². The van der Waals surface area contributed by atoms with Crippen LogP contribution in [0.3, 0.4) is 0 Å². The number of rotatable bonds is 4. The van der Waals surface area contributed by atoms with Gasteiger partial charge in [0.1, 0.15) is 4.99 Å². The molecule has 1 aromatic heterocycles. The summed E-state index contributed by atoms with van der Waals surface area (Å²) in [7, 11) is 0. The van der Waals surface area contributed by atoms with E-state index in [9.17, 15) is 4.79 Å². The Bertz CT molecular complexity index is 1040. The fourth-order valence-corrected chi connectivity index (χ4v) is 5.65. The highest BCUT2D eigenvalue weighted by Crippen LogP contribution is 2.37. The summed E-state index contributed by atoms with van der Waals surface area (Å²) >= 11 is 5.84. The van der Waals surface area contributed by atoms with Gasteiger partial charge in [-0.05, 0) is 43.4 Å². The van der Waals surface area contributed by atoms with Crippen molar-refractivity contribution in [1.29, 1.82) is 0 Å². The number of hydrogen-bond acceptors (Lipinski definition) is 5. The molecule has 1 saturated heterocycles. The highest BCUT2D eigenvalue weighted by molar-refractivity contribution is 7.80. The third kappa shape index (κ3) is 4.33. The Labute approximate surface area is 195 Å². The van der Waals surface area contributed by atoms with Crippen LogP contribution in [0.5, 0.6) is 0 Å². The first kappa shape index (κ1) is 21.6. The number of ether oxygens (including phenoxy) is 1. The van der Waals surface area contributed by atoms with Gasteiger partial charge in [-0.25, -0.2) is 4.68 Å². The predicted octanol–water partition coefficient (Wildman–Crippen LogP) is 3.76. The summed E-state index contributed by atoms with van der Waals surface area (Å²) in [6.07, 6.45) is 5.74. The molecule has 0 unspecified atom stereocenters. The summed E-state index contributed by atoms with van der Waals surface area (Å²) < 4.78 is 7.09. The smallest absolute Gasteiger partial charge is 0.267 e. The molecule has 0 bridgehead atoms. The Hall–Kier alpha value is -2.25. The molecule has 6 nitrogen and oxygen atoms in total. The van der Waals surface area contributed by atoms with E-state index < -0.39 is 0 Å². The molecular formula is C25H32N4O2S. The lowest BCUT2D eigenvalue weighted by molar-refractivity contribution is 0.122. The van der Waals surface area contributed by atoms with Crippen molar-refractivity contribution in [1.82, 2.24) is 9.78 Å². The molecule has 0 N–H and O–H groups in total. The molecule has 3 heterocycles. The van der Waals surface area contributed by atoms with Gasteiger partial charge in [-0.1, -0.05) is 38.0 Å². The van der Waals surface area contributed by atoms with E-state index in [1.54, 1.807) is 10.7 Å². The summed E-state index contributed by atoms with van der Waals surface area (Å²) in [6, 6.07) is 10.0. The van der Waals surface area contributed by atoms with Crippen LogP contribution in [0, 0.1) is 5.92 Å². The van der Waals surface area contributed by atoms with Gasteiger partial charge in [0.15, 0.2) is 0 Å². The maximum absolute atomic E-state index is 12.6. The molecule has 2 aliphatic heterocycles. The van der Waals surface area contributed by atoms with Crippen molar-refractivity contribution in [3.05, 3.63) is 51.9 Å². The van der Waals surface area contributed by atoms with E-state index in [1.807, 2.05) is 6.07 Å². The van der Waals surface area contributed by atoms with Gasteiger partial charge in [0.25, 0.3) is 5.56 Å². The van der Waals surface area contributed by atoms with Gasteiger partial charge in [0.05, 0.1) is 25.5 Å². The highest BCUT2D eigenvalue weighted by Gasteiger charge is 2.27. The minimum absolute atomic E-state index is 0.0817. The minimum Gasteiger partial charge on any atom is -0.378 e. The summed E-state index contributed by atoms with van der Waals surface area (Å²) in [5, 5.41) is 4.75. The molecule has 5 rings (SSSR count). The largest absolute Gasteiger partial charge is 0.378 e. The molecule has 1 saturated carbocycles. The Morgan fingerprint density at radius 1 is 1.06 bits per heavy atom. The van der Waals surface area contributed by atoms with Gasteiger partial charge in [-0.2, -0.15) is 5.10 Å². The standard InChI is InChI=1S/C25H32N4O2S/c1-18-5-7-19(8-6-18)21-9-10-24(30)29(26-21)17-25(32)28-12-11-20-22(3-2-4-23(20)28)27-13-15-31-16-14-27/h2-4,9-10,18-19H,5-8,11-17H2,1H3/t18-,19-. The summed E-state index contributed by atoms with van der Waals surface area (Å²) in [5.74, 6) is 1.25. The summed E-state index contributed by atoms with van der Waals surface area (Å²) in [6.45, 7) is 6.92. The number of thiocarbonyl (C=S) groups is 1. The molecular weight excluding hydrogens is 420 g/mol. The van der Waals surface area contributed by atoms with Gasteiger partial charge < -0.3 is 14.5 Å². The third-order valence-corrected chi connectivity index (χ3v) is 7.61. The van der Waals surface area contributed by atoms with E-state index in [0.717, 1.165) is 68.7 Å². The van der Waals surface area contributed by atoms with Crippen LogP contribution >= 0.6 is 12.2 Å². The second-order valence-corrected chi connectivity index (χ2v) is 9.85. The van der Waals surface area contributed by atoms with Crippen molar-refractivity contribution in [3.8, 4) is 0 Å². The monoisotopic (exact) mass is 452 g/mol.